The Balaban J connectivity index is 1.17. The van der Waals surface area contributed by atoms with Gasteiger partial charge in [0.25, 0.3) is 11.1 Å². The van der Waals surface area contributed by atoms with E-state index in [-0.39, 0.29) is 5.82 Å². The summed E-state index contributed by atoms with van der Waals surface area (Å²) in [5, 5.41) is 32.2. The van der Waals surface area contributed by atoms with Gasteiger partial charge in [-0.15, -0.1) is 0 Å². The van der Waals surface area contributed by atoms with Gasteiger partial charge in [0.2, 0.25) is 0 Å². The number of phosphoric ester groups is 3. The van der Waals surface area contributed by atoms with Crippen LogP contribution in [-0.2, 0) is 50.5 Å². The van der Waals surface area contributed by atoms with Gasteiger partial charge < -0.3 is 54.8 Å². The quantitative estimate of drug-likeness (QED) is 0.0603. The monoisotopic (exact) mass is 920 g/mol. The predicted molar refractivity (Wildman–Crippen MR) is 189 cm³/mol. The number of nitrogens with one attached hydrogen (secondary N) is 2. The van der Waals surface area contributed by atoms with Gasteiger partial charge in [0.05, 0.1) is 19.8 Å². The van der Waals surface area contributed by atoms with Gasteiger partial charge >= 0.3 is 40.5 Å². The lowest BCUT2D eigenvalue weighted by Gasteiger charge is -2.25. The van der Waals surface area contributed by atoms with Crippen LogP contribution in [-0.4, -0.2) is 132 Å². The lowest BCUT2D eigenvalue weighted by atomic mass is 10.1. The summed E-state index contributed by atoms with van der Waals surface area (Å²) >= 11 is 0. The molecule has 0 aromatic carbocycles. The number of hydrogen-bond donors (Lipinski definition) is 10. The van der Waals surface area contributed by atoms with E-state index >= 15 is 0 Å². The number of anilines is 1. The molecule has 3 aliphatic heterocycles. The van der Waals surface area contributed by atoms with Gasteiger partial charge in [-0.3, -0.25) is 55.9 Å². The van der Waals surface area contributed by atoms with Crippen LogP contribution >= 0.6 is 23.5 Å². The van der Waals surface area contributed by atoms with E-state index < -0.39 is 145 Å². The Hall–Kier alpha value is -3.87. The highest BCUT2D eigenvalue weighted by atomic mass is 32.2. The Kier molecular flexibility index (Phi) is 13.6. The summed E-state index contributed by atoms with van der Waals surface area (Å²) in [7, 11) is -16.0. The Morgan fingerprint density at radius 1 is 0.683 bits per heavy atom. The van der Waals surface area contributed by atoms with E-state index in [9.17, 15) is 72.6 Å². The van der Waals surface area contributed by atoms with Crippen molar-refractivity contribution in [2.75, 3.05) is 25.6 Å². The van der Waals surface area contributed by atoms with Crippen molar-refractivity contribution < 1.29 is 85.4 Å². The smallest absolute Gasteiger partial charge is 0.387 e. The van der Waals surface area contributed by atoms with Gasteiger partial charge in [0.1, 0.15) is 60.9 Å². The number of nitrogen functional groups attached to an aromatic ring is 1. The molecule has 30 nitrogen and oxygen atoms in total. The van der Waals surface area contributed by atoms with Gasteiger partial charge in [0, 0.05) is 37.1 Å². The molecular formula is C27H36N7O23P3. The molecule has 11 N–H and O–H groups in total. The summed E-state index contributed by atoms with van der Waals surface area (Å²) in [6.07, 6.45) is -16.7. The van der Waals surface area contributed by atoms with E-state index in [2.05, 4.69) is 9.51 Å². The standard InChI is InChI=1S/C27H36N7O23P3/c28-15-1-4-33(25(40)29-15)24-21(39)22(57-60(48,49)51-9-13-19(37)20(38)23(54-13)34-6-3-17(36)31-27(34)42)14(55-24)10-52-59(46,47)56-11-7-18(32-5-2-16(35)30-26(32)41)53-12(11)8-50-58(43,44)45/h1-6,11-14,18-24,37-39H,7-10H2,(H,46,47)(H,48,49)(H2,28,29,40)(H,30,35,41)(H,31,36,42)(H2,43,44,45)/t11-,12+,13+,14+,18+,19+,20+,21+,22+,23+,24+/m0/s1/i58+1. The summed E-state index contributed by atoms with van der Waals surface area (Å²) in [5.74, 6) is -0.245. The van der Waals surface area contributed by atoms with Gasteiger partial charge in [-0.25, -0.2) is 28.1 Å². The van der Waals surface area contributed by atoms with Crippen LogP contribution in [0.4, 0.5) is 5.82 Å². The maximum absolute atomic E-state index is 13.3. The third-order valence-corrected chi connectivity index (χ3v) is 11.5. The summed E-state index contributed by atoms with van der Waals surface area (Å²) in [6, 6.07) is 2.98. The zero-order valence-corrected chi connectivity index (χ0v) is 32.7. The first kappa shape index (κ1) is 45.7. The number of nitrogens with zero attached hydrogens (tertiary/aromatic N) is 4. The summed E-state index contributed by atoms with van der Waals surface area (Å²) in [4.78, 5) is 107. The highest BCUT2D eigenvalue weighted by molar-refractivity contribution is 7.47. The Morgan fingerprint density at radius 3 is 1.82 bits per heavy atom. The largest absolute Gasteiger partial charge is 0.472 e. The molecule has 60 heavy (non-hydrogen) atoms. The van der Waals surface area contributed by atoms with Crippen LogP contribution in [0.2, 0.25) is 0 Å². The Morgan fingerprint density at radius 2 is 1.22 bits per heavy atom. The molecule has 0 aliphatic carbocycles. The van der Waals surface area contributed by atoms with Crippen molar-refractivity contribution in [3.63, 3.8) is 0 Å². The number of rotatable bonds is 16. The van der Waals surface area contributed by atoms with Crippen molar-refractivity contribution >= 4 is 29.3 Å². The third kappa shape index (κ3) is 10.8. The fourth-order valence-corrected chi connectivity index (χ4v) is 8.50. The molecule has 332 valence electrons. The van der Waals surface area contributed by atoms with E-state index in [0.29, 0.717) is 4.57 Å². The fourth-order valence-electron chi connectivity index (χ4n) is 6.24. The normalized spacial score (nSPS) is 31.6. The molecule has 0 bridgehead atoms. The van der Waals surface area contributed by atoms with E-state index in [4.69, 9.17) is 38.0 Å². The fraction of sp³-hybridized carbons (Fsp3) is 0.556. The average Bonchev–Trinajstić information content (AvgIpc) is 3.77. The second-order valence-electron chi connectivity index (χ2n) is 13.1. The summed E-state index contributed by atoms with van der Waals surface area (Å²) < 4.78 is 81.7. The topological polar surface area (TPSA) is 437 Å². The molecule has 0 amide bonds. The zero-order chi connectivity index (χ0) is 43.9. The molecule has 3 aliphatic rings. The van der Waals surface area contributed by atoms with Crippen molar-refractivity contribution in [2.45, 2.75) is 73.9 Å². The maximum Gasteiger partial charge on any atom is 0.472 e. The molecule has 3 aromatic rings. The predicted octanol–water partition coefficient (Wildman–Crippen LogP) is -4.80. The van der Waals surface area contributed by atoms with Crippen LogP contribution in [0.3, 0.4) is 0 Å². The Labute approximate surface area is 331 Å². The molecule has 3 aromatic heterocycles. The minimum absolute atomic E-state index is 0.245. The highest BCUT2D eigenvalue weighted by Crippen LogP contribution is 2.52. The number of ether oxygens (including phenoxy) is 3. The van der Waals surface area contributed by atoms with E-state index in [1.165, 1.54) is 0 Å². The number of H-pyrrole nitrogens is 2. The van der Waals surface area contributed by atoms with Crippen molar-refractivity contribution in [2.24, 2.45) is 0 Å². The van der Waals surface area contributed by atoms with Gasteiger partial charge in [0.15, 0.2) is 12.5 Å². The molecule has 6 heterocycles. The van der Waals surface area contributed by atoms with Gasteiger partial charge in [-0.05, 0) is 6.07 Å². The molecule has 13 atom stereocenters. The average molecular weight is 921 g/mol. The van der Waals surface area contributed by atoms with Gasteiger partial charge in [-0.2, -0.15) is 4.98 Å². The van der Waals surface area contributed by atoms with Crippen LogP contribution < -0.4 is 33.9 Å². The van der Waals surface area contributed by atoms with Crippen molar-refractivity contribution in [1.82, 2.24) is 28.7 Å². The van der Waals surface area contributed by atoms with Crippen LogP contribution in [0.25, 0.3) is 0 Å². The lowest BCUT2D eigenvalue weighted by Crippen LogP contribution is -2.38. The van der Waals surface area contributed by atoms with E-state index in [1.54, 1.807) is 0 Å². The van der Waals surface area contributed by atoms with Gasteiger partial charge in [-0.1, -0.05) is 0 Å². The van der Waals surface area contributed by atoms with Crippen LogP contribution in [0.5, 0.6) is 0 Å². The second kappa shape index (κ2) is 17.8. The molecule has 6 rings (SSSR count). The second-order valence-corrected chi connectivity index (χ2v) is 17.1. The van der Waals surface area contributed by atoms with E-state index in [0.717, 1.165) is 45.9 Å². The maximum atomic E-state index is 13.3. The molecule has 0 saturated carbocycles. The lowest BCUT2D eigenvalue weighted by molar-refractivity contribution is -0.0641. The van der Waals surface area contributed by atoms with E-state index in [1.807, 2.05) is 9.97 Å². The number of hydrogen-bond acceptors (Lipinski definition) is 21. The first-order valence-electron chi connectivity index (χ1n) is 17.0. The molecule has 0 radical (unpaired) electrons. The van der Waals surface area contributed by atoms with Crippen LogP contribution in [0, 0.1) is 0 Å². The highest BCUT2D eigenvalue weighted by Gasteiger charge is 2.52. The number of aromatic amines is 2. The zero-order valence-electron chi connectivity index (χ0n) is 30.0. The molecule has 2 unspecified atom stereocenters. The SMILES string of the molecule is Nc1ccn([C@@H]2O[C@H](COP(=O)(O)O[C@H]3C[C@H](n4ccc(=O)[nH]c4=O)O[C@@H]3CO[32P](=O)(O)O)[C@@H](OP(=O)(O)OC[C@H]3O[C@@H](n4ccc(=O)[nH]c4=O)[C@H](O)[C@@H]3O)[C@H]2O)c(=O)n1. The van der Waals surface area contributed by atoms with Crippen LogP contribution in [0.15, 0.2) is 60.8 Å². The first-order valence-corrected chi connectivity index (χ1v) is 21.5. The summed E-state index contributed by atoms with van der Waals surface area (Å²) in [5.41, 5.74) is 0.866. The minimum Gasteiger partial charge on any atom is -0.387 e. The number of aliphatic hydroxyl groups is 3. The molecular weight excluding hydrogens is 884 g/mol. The van der Waals surface area contributed by atoms with Crippen LogP contribution in [0.1, 0.15) is 25.1 Å². The summed E-state index contributed by atoms with van der Waals surface area (Å²) in [6.45, 7) is -3.11. The Bertz CT molecular complexity index is 2490. The number of phosphoric acid groups is 3. The number of aromatic nitrogens is 6. The van der Waals surface area contributed by atoms with Crippen molar-refractivity contribution in [3.05, 3.63) is 89.0 Å². The molecule has 3 fully saturated rings. The van der Waals surface area contributed by atoms with Crippen molar-refractivity contribution in [1.29, 1.82) is 0 Å². The third-order valence-electron chi connectivity index (χ3n) is 8.97. The molecule has 3 saturated heterocycles. The minimum atomic E-state index is -5.44. The molecule has 0 spiro atoms. The number of aliphatic hydroxyl groups excluding tert-OH is 3. The van der Waals surface area contributed by atoms with Crippen molar-refractivity contribution in [3.8, 4) is 0 Å². The molecule has 33 heteroatoms. The number of nitrogens with two attached hydrogens (primary N) is 1. The first-order chi connectivity index (χ1) is 28.0.